The molecule has 2 N–H and O–H groups in total. The molecule has 0 fully saturated rings. The number of hydrogen-bond acceptors (Lipinski definition) is 2. The molecule has 6 heteroatoms. The van der Waals surface area contributed by atoms with E-state index in [0.29, 0.717) is 18.8 Å². The fraction of sp³-hybridized carbons (Fsp3) is 0.200. The van der Waals surface area contributed by atoms with Crippen molar-refractivity contribution in [2.75, 3.05) is 11.9 Å². The molecule has 3 aromatic carbocycles. The Morgan fingerprint density at radius 1 is 0.903 bits per heavy atom. The van der Waals surface area contributed by atoms with E-state index >= 15 is 0 Å². The standard InChI is InChI=1S/C25H26BrN3O2/c1-19(21-10-6-3-7-11-21)27-24(30)16-17-29(18-20-8-4-2-5-9-20)25(31)28-23-14-12-22(26)13-15-23/h2-15,19H,16-18H2,1H3,(H,27,30)(H,28,31). The quantitative estimate of drug-likeness (QED) is 0.431. The van der Waals surface area contributed by atoms with E-state index in [1.54, 1.807) is 4.90 Å². The molecule has 31 heavy (non-hydrogen) atoms. The molecule has 3 amide bonds. The summed E-state index contributed by atoms with van der Waals surface area (Å²) in [4.78, 5) is 27.1. The number of nitrogens with zero attached hydrogens (tertiary/aromatic N) is 1. The van der Waals surface area contributed by atoms with Crippen LogP contribution < -0.4 is 10.6 Å². The predicted molar refractivity (Wildman–Crippen MR) is 128 cm³/mol. The van der Waals surface area contributed by atoms with Crippen molar-refractivity contribution in [1.29, 1.82) is 0 Å². The van der Waals surface area contributed by atoms with E-state index in [0.717, 1.165) is 15.6 Å². The van der Waals surface area contributed by atoms with Crippen LogP contribution in [0.4, 0.5) is 10.5 Å². The van der Waals surface area contributed by atoms with E-state index in [1.165, 1.54) is 0 Å². The highest BCUT2D eigenvalue weighted by atomic mass is 79.9. The van der Waals surface area contributed by atoms with Gasteiger partial charge in [0.2, 0.25) is 5.91 Å². The molecule has 0 spiro atoms. The molecule has 5 nitrogen and oxygen atoms in total. The maximum absolute atomic E-state index is 12.9. The number of urea groups is 1. The molecule has 0 bridgehead atoms. The van der Waals surface area contributed by atoms with E-state index in [9.17, 15) is 9.59 Å². The molecular weight excluding hydrogens is 454 g/mol. The number of carbonyl (C=O) groups excluding carboxylic acids is 2. The number of carbonyl (C=O) groups is 2. The molecule has 1 unspecified atom stereocenters. The topological polar surface area (TPSA) is 61.4 Å². The molecule has 3 aromatic rings. The van der Waals surface area contributed by atoms with Crippen LogP contribution in [0.1, 0.15) is 30.5 Å². The van der Waals surface area contributed by atoms with Crippen LogP contribution >= 0.6 is 15.9 Å². The summed E-state index contributed by atoms with van der Waals surface area (Å²) in [5, 5.41) is 5.92. The molecule has 0 aliphatic rings. The third kappa shape index (κ3) is 7.26. The van der Waals surface area contributed by atoms with Crippen molar-refractivity contribution in [3.8, 4) is 0 Å². The van der Waals surface area contributed by atoms with Crippen LogP contribution in [-0.4, -0.2) is 23.4 Å². The smallest absolute Gasteiger partial charge is 0.322 e. The summed E-state index contributed by atoms with van der Waals surface area (Å²) in [6.07, 6.45) is 0.220. The minimum absolute atomic E-state index is 0.0899. The molecule has 0 saturated carbocycles. The molecule has 0 aromatic heterocycles. The molecule has 0 heterocycles. The van der Waals surface area contributed by atoms with Gasteiger partial charge in [0, 0.05) is 29.7 Å². The van der Waals surface area contributed by atoms with E-state index < -0.39 is 0 Å². The third-order valence-corrected chi connectivity index (χ3v) is 5.41. The summed E-state index contributed by atoms with van der Waals surface area (Å²) >= 11 is 3.39. The maximum Gasteiger partial charge on any atom is 0.322 e. The van der Waals surface area contributed by atoms with Gasteiger partial charge in [-0.05, 0) is 42.3 Å². The van der Waals surface area contributed by atoms with Crippen LogP contribution in [0.15, 0.2) is 89.4 Å². The van der Waals surface area contributed by atoms with E-state index in [4.69, 9.17) is 0 Å². The lowest BCUT2D eigenvalue weighted by Crippen LogP contribution is -2.38. The van der Waals surface area contributed by atoms with Crippen LogP contribution in [0.5, 0.6) is 0 Å². The number of amides is 3. The van der Waals surface area contributed by atoms with Gasteiger partial charge in [0.1, 0.15) is 0 Å². The van der Waals surface area contributed by atoms with Crippen LogP contribution in [-0.2, 0) is 11.3 Å². The Morgan fingerprint density at radius 2 is 1.52 bits per heavy atom. The van der Waals surface area contributed by atoms with Crippen molar-refractivity contribution >= 4 is 33.6 Å². The zero-order chi connectivity index (χ0) is 22.1. The van der Waals surface area contributed by atoms with Gasteiger partial charge in [-0.2, -0.15) is 0 Å². The lowest BCUT2D eigenvalue weighted by atomic mass is 10.1. The van der Waals surface area contributed by atoms with Crippen LogP contribution in [0.2, 0.25) is 0 Å². The first kappa shape index (κ1) is 22.6. The van der Waals surface area contributed by atoms with Gasteiger partial charge in [-0.3, -0.25) is 4.79 Å². The van der Waals surface area contributed by atoms with Gasteiger partial charge in [0.25, 0.3) is 0 Å². The molecule has 0 radical (unpaired) electrons. The minimum atomic E-state index is -0.241. The van der Waals surface area contributed by atoms with Crippen LogP contribution in [0.25, 0.3) is 0 Å². The van der Waals surface area contributed by atoms with Gasteiger partial charge in [0.15, 0.2) is 0 Å². The first-order valence-corrected chi connectivity index (χ1v) is 11.0. The number of benzene rings is 3. The second-order valence-corrected chi connectivity index (χ2v) is 8.21. The van der Waals surface area contributed by atoms with Crippen molar-refractivity contribution in [3.63, 3.8) is 0 Å². The summed E-state index contributed by atoms with van der Waals surface area (Å²) in [5.74, 6) is -0.0918. The minimum Gasteiger partial charge on any atom is -0.350 e. The highest BCUT2D eigenvalue weighted by Crippen LogP contribution is 2.16. The van der Waals surface area contributed by atoms with Gasteiger partial charge < -0.3 is 15.5 Å². The first-order valence-electron chi connectivity index (χ1n) is 10.2. The summed E-state index contributed by atoms with van der Waals surface area (Å²) in [7, 11) is 0. The SMILES string of the molecule is CC(NC(=O)CCN(Cc1ccccc1)C(=O)Nc1ccc(Br)cc1)c1ccccc1. The Kier molecular flexibility index (Phi) is 8.24. The third-order valence-electron chi connectivity index (χ3n) is 4.88. The summed E-state index contributed by atoms with van der Waals surface area (Å²) in [6, 6.07) is 26.6. The number of halogens is 1. The molecule has 1 atom stereocenters. The van der Waals surface area contributed by atoms with Gasteiger partial charge in [-0.25, -0.2) is 4.79 Å². The zero-order valence-electron chi connectivity index (χ0n) is 17.4. The molecular formula is C25H26BrN3O2. The highest BCUT2D eigenvalue weighted by molar-refractivity contribution is 9.10. The fourth-order valence-electron chi connectivity index (χ4n) is 3.17. The fourth-order valence-corrected chi connectivity index (χ4v) is 3.43. The number of rotatable bonds is 8. The summed E-state index contributed by atoms with van der Waals surface area (Å²) in [6.45, 7) is 2.69. The Labute approximate surface area is 191 Å². The van der Waals surface area contributed by atoms with Crippen molar-refractivity contribution in [2.24, 2.45) is 0 Å². The van der Waals surface area contributed by atoms with Crippen LogP contribution in [0, 0.1) is 0 Å². The Morgan fingerprint density at radius 3 is 2.16 bits per heavy atom. The normalized spacial score (nSPS) is 11.4. The monoisotopic (exact) mass is 479 g/mol. The average Bonchev–Trinajstić information content (AvgIpc) is 2.79. The second-order valence-electron chi connectivity index (χ2n) is 7.29. The van der Waals surface area contributed by atoms with Gasteiger partial charge >= 0.3 is 6.03 Å². The van der Waals surface area contributed by atoms with Gasteiger partial charge in [0.05, 0.1) is 6.04 Å². The van der Waals surface area contributed by atoms with Gasteiger partial charge in [-0.1, -0.05) is 76.6 Å². The largest absolute Gasteiger partial charge is 0.350 e. The number of hydrogen-bond donors (Lipinski definition) is 2. The van der Waals surface area contributed by atoms with Crippen molar-refractivity contribution in [2.45, 2.75) is 25.9 Å². The lowest BCUT2D eigenvalue weighted by Gasteiger charge is -2.24. The molecule has 3 rings (SSSR count). The zero-order valence-corrected chi connectivity index (χ0v) is 19.0. The van der Waals surface area contributed by atoms with Crippen molar-refractivity contribution in [1.82, 2.24) is 10.2 Å². The van der Waals surface area contributed by atoms with Crippen LogP contribution in [0.3, 0.4) is 0 Å². The van der Waals surface area contributed by atoms with E-state index in [1.807, 2.05) is 91.9 Å². The summed E-state index contributed by atoms with van der Waals surface area (Å²) in [5.41, 5.74) is 2.75. The van der Waals surface area contributed by atoms with Gasteiger partial charge in [-0.15, -0.1) is 0 Å². The maximum atomic E-state index is 12.9. The lowest BCUT2D eigenvalue weighted by molar-refractivity contribution is -0.121. The van der Waals surface area contributed by atoms with E-state index in [-0.39, 0.29) is 24.4 Å². The molecule has 0 aliphatic heterocycles. The summed E-state index contributed by atoms with van der Waals surface area (Å²) < 4.78 is 0.941. The predicted octanol–water partition coefficient (Wildman–Crippen LogP) is 5.75. The molecule has 0 aliphatic carbocycles. The number of nitrogens with one attached hydrogen (secondary N) is 2. The first-order chi connectivity index (χ1) is 15.0. The number of anilines is 1. The Hall–Kier alpha value is -3.12. The van der Waals surface area contributed by atoms with Crippen molar-refractivity contribution < 1.29 is 9.59 Å². The second kappa shape index (κ2) is 11.3. The van der Waals surface area contributed by atoms with E-state index in [2.05, 4.69) is 26.6 Å². The Balaban J connectivity index is 1.62. The molecule has 0 saturated heterocycles. The molecule has 160 valence electrons. The average molecular weight is 480 g/mol. The Bertz CT molecular complexity index is 979. The highest BCUT2D eigenvalue weighted by Gasteiger charge is 2.17. The van der Waals surface area contributed by atoms with Crippen molar-refractivity contribution in [3.05, 3.63) is 101 Å².